The first kappa shape index (κ1) is 10.8. The lowest BCUT2D eigenvalue weighted by Gasteiger charge is -1.90. The Labute approximate surface area is 66.3 Å². The number of hydrogen-bond acceptors (Lipinski definition) is 4. The van der Waals surface area contributed by atoms with Crippen LogP contribution in [-0.2, 0) is 14.9 Å². The Balaban J connectivity index is 0.000000187. The second-order valence-electron chi connectivity index (χ2n) is 2.36. The molecule has 6 heteroatoms. The van der Waals surface area contributed by atoms with Gasteiger partial charge in [0.1, 0.15) is 0 Å². The van der Waals surface area contributed by atoms with Crippen molar-refractivity contribution in [2.45, 2.75) is 12.5 Å². The number of nitrogens with two attached hydrogens (primary N) is 1. The average molecular weight is 183 g/mol. The zero-order valence-corrected chi connectivity index (χ0v) is 7.17. The van der Waals surface area contributed by atoms with Crippen LogP contribution in [0.2, 0.25) is 0 Å². The van der Waals surface area contributed by atoms with E-state index in [0.29, 0.717) is 12.3 Å². The molecule has 3 N–H and O–H groups in total. The molecule has 0 unspecified atom stereocenters. The lowest BCUT2D eigenvalue weighted by Crippen LogP contribution is -2.18. The van der Waals surface area contributed by atoms with Gasteiger partial charge in [-0.05, 0) is 6.42 Å². The van der Waals surface area contributed by atoms with Crippen LogP contribution in [-0.4, -0.2) is 38.5 Å². The first-order chi connectivity index (χ1) is 4.89. The van der Waals surface area contributed by atoms with Crippen molar-refractivity contribution in [2.24, 2.45) is 5.73 Å². The molecule has 1 heterocycles. The van der Waals surface area contributed by atoms with Gasteiger partial charge in [-0.1, -0.05) is 0 Å². The van der Waals surface area contributed by atoms with E-state index < -0.39 is 10.1 Å². The van der Waals surface area contributed by atoms with Gasteiger partial charge < -0.3 is 10.5 Å². The van der Waals surface area contributed by atoms with Crippen LogP contribution in [0.5, 0.6) is 0 Å². The van der Waals surface area contributed by atoms with Gasteiger partial charge in [0, 0.05) is 12.6 Å². The van der Waals surface area contributed by atoms with Gasteiger partial charge in [0.2, 0.25) is 0 Å². The fourth-order valence-corrected chi connectivity index (χ4v) is 0.553. The van der Waals surface area contributed by atoms with Crippen LogP contribution in [0.3, 0.4) is 0 Å². The largest absolute Gasteiger partial charge is 0.380 e. The van der Waals surface area contributed by atoms with E-state index in [4.69, 9.17) is 15.0 Å². The van der Waals surface area contributed by atoms with Crippen LogP contribution in [0.4, 0.5) is 0 Å². The highest BCUT2D eigenvalue weighted by molar-refractivity contribution is 7.85. The molecule has 5 nitrogen and oxygen atoms in total. The predicted molar refractivity (Wildman–Crippen MR) is 40.9 cm³/mol. The molecular weight excluding hydrogens is 170 g/mol. The summed E-state index contributed by atoms with van der Waals surface area (Å²) in [6.45, 7) is 1.63. The summed E-state index contributed by atoms with van der Waals surface area (Å²) >= 11 is 0. The van der Waals surface area contributed by atoms with Crippen molar-refractivity contribution in [1.82, 2.24) is 0 Å². The Morgan fingerprint density at radius 3 is 2.18 bits per heavy atom. The summed E-state index contributed by atoms with van der Waals surface area (Å²) in [6, 6.07) is 0.324. The molecule has 1 aliphatic heterocycles. The van der Waals surface area contributed by atoms with E-state index in [2.05, 4.69) is 0 Å². The zero-order chi connectivity index (χ0) is 8.91. The molecule has 0 aromatic rings. The van der Waals surface area contributed by atoms with Crippen LogP contribution < -0.4 is 5.73 Å². The van der Waals surface area contributed by atoms with E-state index >= 15 is 0 Å². The van der Waals surface area contributed by atoms with Gasteiger partial charge in [-0.15, -0.1) is 0 Å². The number of hydrogen-bond donors (Lipinski definition) is 2. The third-order valence-electron chi connectivity index (χ3n) is 0.965. The highest BCUT2D eigenvalue weighted by Crippen LogP contribution is 1.98. The molecule has 0 radical (unpaired) electrons. The van der Waals surface area contributed by atoms with Crippen molar-refractivity contribution >= 4 is 10.1 Å². The molecule has 0 aromatic carbocycles. The molecule has 0 aromatic heterocycles. The summed E-state index contributed by atoms with van der Waals surface area (Å²) in [5, 5.41) is 0. The minimum Gasteiger partial charge on any atom is -0.380 e. The Morgan fingerprint density at radius 2 is 2.09 bits per heavy atom. The van der Waals surface area contributed by atoms with Crippen molar-refractivity contribution < 1.29 is 17.7 Å². The van der Waals surface area contributed by atoms with Gasteiger partial charge >= 0.3 is 0 Å². The molecule has 1 fully saturated rings. The molecular formula is C5H13NO4S. The average Bonchev–Trinajstić information content (AvgIpc) is 2.12. The minimum absolute atomic E-state index is 0.324. The van der Waals surface area contributed by atoms with Gasteiger partial charge in [-0.3, -0.25) is 4.55 Å². The quantitative estimate of drug-likeness (QED) is 0.482. The Morgan fingerprint density at radius 1 is 1.64 bits per heavy atom. The fourth-order valence-electron chi connectivity index (χ4n) is 0.553. The minimum atomic E-state index is -3.67. The van der Waals surface area contributed by atoms with Crippen LogP contribution in [0.1, 0.15) is 6.42 Å². The summed E-state index contributed by atoms with van der Waals surface area (Å²) < 4.78 is 30.8. The van der Waals surface area contributed by atoms with E-state index in [1.165, 1.54) is 0 Å². The fraction of sp³-hybridized carbons (Fsp3) is 1.00. The highest BCUT2D eigenvalue weighted by Gasteiger charge is 2.08. The summed E-state index contributed by atoms with van der Waals surface area (Å²) in [6.07, 6.45) is 1.76. The molecule has 1 saturated heterocycles. The molecule has 0 aliphatic carbocycles. The SMILES string of the molecule is CS(=O)(=O)O.N[C@@H]1CCOC1. The smallest absolute Gasteiger partial charge is 0.261 e. The van der Waals surface area contributed by atoms with Crippen molar-refractivity contribution in [2.75, 3.05) is 19.5 Å². The topological polar surface area (TPSA) is 89.6 Å². The van der Waals surface area contributed by atoms with Crippen molar-refractivity contribution in [3.8, 4) is 0 Å². The van der Waals surface area contributed by atoms with Crippen molar-refractivity contribution in [3.63, 3.8) is 0 Å². The third kappa shape index (κ3) is 12.9. The summed E-state index contributed by atoms with van der Waals surface area (Å²) in [4.78, 5) is 0. The van der Waals surface area contributed by atoms with E-state index in [1.54, 1.807) is 0 Å². The number of rotatable bonds is 0. The van der Waals surface area contributed by atoms with Gasteiger partial charge in [-0.25, -0.2) is 0 Å². The van der Waals surface area contributed by atoms with E-state index in [1.807, 2.05) is 0 Å². The summed E-state index contributed by atoms with van der Waals surface area (Å²) in [5.41, 5.74) is 5.41. The van der Waals surface area contributed by atoms with Crippen molar-refractivity contribution in [3.05, 3.63) is 0 Å². The van der Waals surface area contributed by atoms with Gasteiger partial charge in [0.15, 0.2) is 0 Å². The maximum atomic E-state index is 9.19. The third-order valence-corrected chi connectivity index (χ3v) is 0.965. The van der Waals surface area contributed by atoms with E-state index in [9.17, 15) is 8.42 Å². The van der Waals surface area contributed by atoms with Crippen LogP contribution in [0.15, 0.2) is 0 Å². The molecule has 1 rings (SSSR count). The summed E-state index contributed by atoms with van der Waals surface area (Å²) in [7, 11) is -3.67. The van der Waals surface area contributed by atoms with Crippen LogP contribution in [0.25, 0.3) is 0 Å². The molecule has 0 spiro atoms. The zero-order valence-electron chi connectivity index (χ0n) is 6.36. The van der Waals surface area contributed by atoms with E-state index in [-0.39, 0.29) is 0 Å². The molecule has 1 aliphatic rings. The van der Waals surface area contributed by atoms with Gasteiger partial charge in [0.05, 0.1) is 12.9 Å². The predicted octanol–water partition coefficient (Wildman–Crippen LogP) is -0.762. The standard InChI is InChI=1S/C4H9NO.CH4O3S/c5-4-1-2-6-3-4;1-5(2,3)4/h4H,1-3,5H2;1H3,(H,2,3,4)/t4-;/m1./s1. The Bertz CT molecular complexity index is 175. The second-order valence-corrected chi connectivity index (χ2v) is 3.82. The van der Waals surface area contributed by atoms with Gasteiger partial charge in [0.25, 0.3) is 10.1 Å². The lowest BCUT2D eigenvalue weighted by molar-refractivity contribution is 0.194. The Hall–Kier alpha value is -0.170. The molecule has 68 valence electrons. The molecule has 1 atom stereocenters. The first-order valence-electron chi connectivity index (χ1n) is 3.15. The second kappa shape index (κ2) is 4.66. The molecule has 0 bridgehead atoms. The Kier molecular flexibility index (Phi) is 4.58. The van der Waals surface area contributed by atoms with Crippen LogP contribution >= 0.6 is 0 Å². The molecule has 0 saturated carbocycles. The maximum Gasteiger partial charge on any atom is 0.261 e. The molecule has 11 heavy (non-hydrogen) atoms. The normalized spacial score (nSPS) is 24.1. The first-order valence-corrected chi connectivity index (χ1v) is 5.00. The monoisotopic (exact) mass is 183 g/mol. The lowest BCUT2D eigenvalue weighted by atomic mass is 10.3. The number of ether oxygens (including phenoxy) is 1. The van der Waals surface area contributed by atoms with Crippen LogP contribution in [0, 0.1) is 0 Å². The van der Waals surface area contributed by atoms with Gasteiger partial charge in [-0.2, -0.15) is 8.42 Å². The maximum absolute atomic E-state index is 9.19. The summed E-state index contributed by atoms with van der Waals surface area (Å²) in [5.74, 6) is 0. The van der Waals surface area contributed by atoms with E-state index in [0.717, 1.165) is 19.6 Å². The molecule has 0 amide bonds. The highest BCUT2D eigenvalue weighted by atomic mass is 32.2. The van der Waals surface area contributed by atoms with Crippen molar-refractivity contribution in [1.29, 1.82) is 0 Å².